The minimum atomic E-state index is -0.695. The second-order valence-electron chi connectivity index (χ2n) is 7.42. The summed E-state index contributed by atoms with van der Waals surface area (Å²) in [5.74, 6) is -0.148. The zero-order chi connectivity index (χ0) is 22.2. The van der Waals surface area contributed by atoms with Crippen LogP contribution in [0.3, 0.4) is 0 Å². The van der Waals surface area contributed by atoms with Crippen LogP contribution in [-0.2, 0) is 20.9 Å². The number of benzene rings is 2. The zero-order valence-corrected chi connectivity index (χ0v) is 18.9. The van der Waals surface area contributed by atoms with Crippen molar-refractivity contribution in [1.29, 1.82) is 0 Å². The van der Waals surface area contributed by atoms with E-state index in [1.807, 2.05) is 12.1 Å². The van der Waals surface area contributed by atoms with Gasteiger partial charge in [-0.15, -0.1) is 0 Å². The maximum Gasteiger partial charge on any atom is 0.261 e. The Hall–Kier alpha value is -2.28. The number of nitrogens with one attached hydrogen (secondary N) is 1. The molecule has 1 heterocycles. The summed E-state index contributed by atoms with van der Waals surface area (Å²) < 4.78 is 11.2. The van der Waals surface area contributed by atoms with Gasteiger partial charge in [-0.1, -0.05) is 47.5 Å². The number of ether oxygens (including phenoxy) is 2. The van der Waals surface area contributed by atoms with Crippen molar-refractivity contribution in [2.24, 2.45) is 0 Å². The molecule has 1 fully saturated rings. The quantitative estimate of drug-likeness (QED) is 0.606. The fraction of sp³-hybridized carbons (Fsp3) is 0.391. The molecule has 0 aromatic heterocycles. The Morgan fingerprint density at radius 1 is 1.19 bits per heavy atom. The minimum absolute atomic E-state index is 0.0279. The zero-order valence-electron chi connectivity index (χ0n) is 17.4. The van der Waals surface area contributed by atoms with Crippen LogP contribution in [0.2, 0.25) is 10.0 Å². The molecule has 0 spiro atoms. The summed E-state index contributed by atoms with van der Waals surface area (Å²) in [6.45, 7) is 2.87. The standard InChI is InChI=1S/C23H26Cl2N2O4/c1-16(23(29)26-13-19-5-4-12-30-19)27(14-17-8-10-18(24)11-9-17)22(28)15-31-21-7-3-2-6-20(21)25/h2-3,6-11,16,19H,4-5,12-15H2,1H3,(H,26,29)/t16-,19+/m0/s1. The second kappa shape index (κ2) is 11.4. The fourth-order valence-electron chi connectivity index (χ4n) is 3.32. The van der Waals surface area contributed by atoms with Gasteiger partial charge in [0.2, 0.25) is 5.91 Å². The molecule has 1 aliphatic rings. The lowest BCUT2D eigenvalue weighted by atomic mass is 10.1. The molecule has 0 radical (unpaired) electrons. The summed E-state index contributed by atoms with van der Waals surface area (Å²) in [4.78, 5) is 27.3. The van der Waals surface area contributed by atoms with Gasteiger partial charge in [-0.2, -0.15) is 0 Å². The molecule has 2 aromatic carbocycles. The van der Waals surface area contributed by atoms with Crippen LogP contribution in [-0.4, -0.2) is 48.6 Å². The molecule has 2 aromatic rings. The van der Waals surface area contributed by atoms with Crippen molar-refractivity contribution < 1.29 is 19.1 Å². The Kier molecular flexibility index (Phi) is 8.58. The molecule has 2 amide bonds. The van der Waals surface area contributed by atoms with E-state index in [9.17, 15) is 9.59 Å². The first-order valence-electron chi connectivity index (χ1n) is 10.2. The summed E-state index contributed by atoms with van der Waals surface area (Å²) in [6, 6.07) is 13.4. The SMILES string of the molecule is C[C@@H](C(=O)NC[C@H]1CCCO1)N(Cc1ccc(Cl)cc1)C(=O)COc1ccccc1Cl. The van der Waals surface area contributed by atoms with E-state index in [-0.39, 0.29) is 31.1 Å². The van der Waals surface area contributed by atoms with E-state index in [0.29, 0.717) is 22.3 Å². The van der Waals surface area contributed by atoms with E-state index in [0.717, 1.165) is 25.0 Å². The number of hydrogen-bond acceptors (Lipinski definition) is 4. The summed E-state index contributed by atoms with van der Waals surface area (Å²) in [6.07, 6.45) is 1.95. The highest BCUT2D eigenvalue weighted by Gasteiger charge is 2.27. The molecule has 1 aliphatic heterocycles. The predicted molar refractivity (Wildman–Crippen MR) is 120 cm³/mol. The monoisotopic (exact) mass is 464 g/mol. The first kappa shape index (κ1) is 23.4. The molecule has 166 valence electrons. The van der Waals surface area contributed by atoms with Crippen molar-refractivity contribution in [2.75, 3.05) is 19.8 Å². The van der Waals surface area contributed by atoms with Crippen LogP contribution >= 0.6 is 23.2 Å². The van der Waals surface area contributed by atoms with Crippen LogP contribution in [0.1, 0.15) is 25.3 Å². The molecular weight excluding hydrogens is 439 g/mol. The van der Waals surface area contributed by atoms with Crippen LogP contribution in [0.4, 0.5) is 0 Å². The third kappa shape index (κ3) is 6.86. The van der Waals surface area contributed by atoms with Crippen LogP contribution in [0.25, 0.3) is 0 Å². The van der Waals surface area contributed by atoms with Gasteiger partial charge in [0.05, 0.1) is 11.1 Å². The maximum absolute atomic E-state index is 13.0. The number of rotatable bonds is 9. The van der Waals surface area contributed by atoms with Gasteiger partial charge in [-0.05, 0) is 49.6 Å². The number of amides is 2. The van der Waals surface area contributed by atoms with Gasteiger partial charge in [0.15, 0.2) is 6.61 Å². The van der Waals surface area contributed by atoms with Crippen molar-refractivity contribution in [3.05, 3.63) is 64.1 Å². The largest absolute Gasteiger partial charge is 0.482 e. The fourth-order valence-corrected chi connectivity index (χ4v) is 3.64. The van der Waals surface area contributed by atoms with Crippen molar-refractivity contribution in [1.82, 2.24) is 10.2 Å². The summed E-state index contributed by atoms with van der Waals surface area (Å²) in [5, 5.41) is 3.92. The van der Waals surface area contributed by atoms with E-state index in [2.05, 4.69) is 5.32 Å². The van der Waals surface area contributed by atoms with E-state index in [1.165, 1.54) is 4.90 Å². The molecule has 0 bridgehead atoms. The summed E-state index contributed by atoms with van der Waals surface area (Å²) in [7, 11) is 0. The first-order chi connectivity index (χ1) is 14.9. The lowest BCUT2D eigenvalue weighted by Crippen LogP contribution is -2.50. The average Bonchev–Trinajstić information content (AvgIpc) is 3.29. The Balaban J connectivity index is 1.67. The van der Waals surface area contributed by atoms with Gasteiger partial charge < -0.3 is 19.7 Å². The van der Waals surface area contributed by atoms with Gasteiger partial charge in [0, 0.05) is 24.7 Å². The Bertz CT molecular complexity index is 885. The minimum Gasteiger partial charge on any atom is -0.482 e. The second-order valence-corrected chi connectivity index (χ2v) is 8.27. The van der Waals surface area contributed by atoms with Gasteiger partial charge in [0.25, 0.3) is 5.91 Å². The molecule has 3 rings (SSSR count). The van der Waals surface area contributed by atoms with Crippen LogP contribution in [0.5, 0.6) is 5.75 Å². The normalized spacial score (nSPS) is 16.5. The Morgan fingerprint density at radius 3 is 2.61 bits per heavy atom. The Labute approximate surface area is 192 Å². The van der Waals surface area contributed by atoms with Crippen molar-refractivity contribution in [2.45, 2.75) is 38.5 Å². The molecule has 8 heteroatoms. The summed E-state index contributed by atoms with van der Waals surface area (Å²) in [5.41, 5.74) is 0.856. The lowest BCUT2D eigenvalue weighted by molar-refractivity contribution is -0.142. The number of para-hydroxylation sites is 1. The molecule has 1 saturated heterocycles. The smallest absolute Gasteiger partial charge is 0.261 e. The Morgan fingerprint density at radius 2 is 1.94 bits per heavy atom. The van der Waals surface area contributed by atoms with E-state index in [4.69, 9.17) is 32.7 Å². The molecule has 0 unspecified atom stereocenters. The summed E-state index contributed by atoms with van der Waals surface area (Å²) >= 11 is 12.1. The molecule has 1 N–H and O–H groups in total. The van der Waals surface area contributed by atoms with Crippen molar-refractivity contribution in [3.63, 3.8) is 0 Å². The highest BCUT2D eigenvalue weighted by atomic mass is 35.5. The van der Waals surface area contributed by atoms with Crippen LogP contribution < -0.4 is 10.1 Å². The topological polar surface area (TPSA) is 67.9 Å². The number of carbonyl (C=O) groups is 2. The molecule has 2 atom stereocenters. The van der Waals surface area contributed by atoms with Crippen LogP contribution in [0.15, 0.2) is 48.5 Å². The van der Waals surface area contributed by atoms with Gasteiger partial charge in [0.1, 0.15) is 11.8 Å². The van der Waals surface area contributed by atoms with Crippen molar-refractivity contribution >= 4 is 35.0 Å². The van der Waals surface area contributed by atoms with Crippen molar-refractivity contribution in [3.8, 4) is 5.75 Å². The van der Waals surface area contributed by atoms with E-state index < -0.39 is 6.04 Å². The van der Waals surface area contributed by atoms with Gasteiger partial charge in [-0.3, -0.25) is 9.59 Å². The number of carbonyl (C=O) groups excluding carboxylic acids is 2. The molecule has 31 heavy (non-hydrogen) atoms. The molecule has 0 saturated carbocycles. The molecule has 6 nitrogen and oxygen atoms in total. The van der Waals surface area contributed by atoms with Gasteiger partial charge in [-0.25, -0.2) is 0 Å². The van der Waals surface area contributed by atoms with Gasteiger partial charge >= 0.3 is 0 Å². The highest BCUT2D eigenvalue weighted by molar-refractivity contribution is 6.32. The molecule has 0 aliphatic carbocycles. The predicted octanol–water partition coefficient (Wildman–Crippen LogP) is 4.08. The first-order valence-corrected chi connectivity index (χ1v) is 11.0. The lowest BCUT2D eigenvalue weighted by Gasteiger charge is -2.29. The highest BCUT2D eigenvalue weighted by Crippen LogP contribution is 2.23. The van der Waals surface area contributed by atoms with E-state index in [1.54, 1.807) is 43.3 Å². The number of hydrogen-bond donors (Lipinski definition) is 1. The average molecular weight is 465 g/mol. The third-order valence-electron chi connectivity index (χ3n) is 5.15. The maximum atomic E-state index is 13.0. The van der Waals surface area contributed by atoms with E-state index >= 15 is 0 Å². The third-order valence-corrected chi connectivity index (χ3v) is 5.71. The number of nitrogens with zero attached hydrogens (tertiary/aromatic N) is 1. The number of halogens is 2. The van der Waals surface area contributed by atoms with Crippen LogP contribution in [0, 0.1) is 0 Å². The molecular formula is C23H26Cl2N2O4.